The van der Waals surface area contributed by atoms with Gasteiger partial charge >= 0.3 is 5.97 Å². The van der Waals surface area contributed by atoms with Crippen molar-refractivity contribution >= 4 is 39.2 Å². The van der Waals surface area contributed by atoms with E-state index in [0.29, 0.717) is 30.2 Å². The maximum absolute atomic E-state index is 11.6. The number of ether oxygens (including phenoxy) is 2. The van der Waals surface area contributed by atoms with Crippen LogP contribution in [0.25, 0.3) is 21.8 Å². The molecule has 192 valence electrons. The summed E-state index contributed by atoms with van der Waals surface area (Å²) in [6, 6.07) is 16.2. The van der Waals surface area contributed by atoms with E-state index in [0.717, 1.165) is 32.9 Å². The molecule has 37 heavy (non-hydrogen) atoms. The number of carbonyl (C=O) groups excluding carboxylic acids is 1. The van der Waals surface area contributed by atoms with Crippen molar-refractivity contribution in [2.75, 3.05) is 6.61 Å². The molecule has 4 aromatic rings. The number of hydrogen-bond acceptors (Lipinski definition) is 7. The zero-order valence-electron chi connectivity index (χ0n) is 21.5. The summed E-state index contributed by atoms with van der Waals surface area (Å²) in [5, 5.41) is 17.3. The molecule has 1 atom stereocenters. The SMILES string of the molecule is CCOC(C)Oc1ccc(/C(=N/OC(C)=O)c2ccc3c(c2)c2cc([N+](=O)[O-])ccc2n3CC)c(C)c1. The van der Waals surface area contributed by atoms with Crippen molar-refractivity contribution in [2.45, 2.75) is 47.5 Å². The number of nitrogens with zero attached hydrogens (tertiary/aromatic N) is 3. The van der Waals surface area contributed by atoms with Gasteiger partial charge in [-0.25, -0.2) is 4.79 Å². The van der Waals surface area contributed by atoms with Gasteiger partial charge < -0.3 is 18.9 Å². The third-order valence-electron chi connectivity index (χ3n) is 6.07. The predicted molar refractivity (Wildman–Crippen MR) is 142 cm³/mol. The minimum atomic E-state index is -0.542. The lowest BCUT2D eigenvalue weighted by Gasteiger charge is -2.16. The molecule has 0 aliphatic rings. The van der Waals surface area contributed by atoms with Gasteiger partial charge in [-0.3, -0.25) is 10.1 Å². The standard InChI is InChI=1S/C28H29N3O6/c1-6-30-26-12-8-20(15-24(26)25-16-21(31(33)34)9-13-27(25)30)28(29-37-18(4)32)23-11-10-22(14-17(23)3)36-19(5)35-7-2/h8-16,19H,6-7H2,1-5H3/b29-28+. The lowest BCUT2D eigenvalue weighted by atomic mass is 9.96. The van der Waals surface area contributed by atoms with Gasteiger partial charge in [0.05, 0.1) is 4.92 Å². The molecule has 3 aromatic carbocycles. The molecule has 0 bridgehead atoms. The quantitative estimate of drug-likeness (QED) is 0.0897. The van der Waals surface area contributed by atoms with Gasteiger partial charge in [0, 0.05) is 65.1 Å². The van der Waals surface area contributed by atoms with E-state index in [1.807, 2.05) is 64.1 Å². The van der Waals surface area contributed by atoms with Crippen LogP contribution < -0.4 is 4.74 Å². The number of hydrogen-bond donors (Lipinski definition) is 0. The zero-order valence-corrected chi connectivity index (χ0v) is 21.5. The highest BCUT2D eigenvalue weighted by atomic mass is 16.7. The Balaban J connectivity index is 1.86. The van der Waals surface area contributed by atoms with Crippen molar-refractivity contribution in [1.82, 2.24) is 4.57 Å². The van der Waals surface area contributed by atoms with Gasteiger partial charge in [-0.15, -0.1) is 0 Å². The second kappa shape index (κ2) is 10.8. The highest BCUT2D eigenvalue weighted by Gasteiger charge is 2.18. The zero-order chi connectivity index (χ0) is 26.7. The summed E-state index contributed by atoms with van der Waals surface area (Å²) in [5.74, 6) is 0.0998. The van der Waals surface area contributed by atoms with Gasteiger partial charge in [-0.1, -0.05) is 11.2 Å². The maximum atomic E-state index is 11.6. The molecule has 0 radical (unpaired) electrons. The van der Waals surface area contributed by atoms with Crippen molar-refractivity contribution in [3.63, 3.8) is 0 Å². The largest absolute Gasteiger partial charge is 0.465 e. The number of nitro groups is 1. The number of oxime groups is 1. The third kappa shape index (κ3) is 5.31. The molecule has 4 rings (SSSR count). The van der Waals surface area contributed by atoms with Crippen LogP contribution in [0.2, 0.25) is 0 Å². The third-order valence-corrected chi connectivity index (χ3v) is 6.07. The Morgan fingerprint density at radius 1 is 1.05 bits per heavy atom. The molecule has 1 heterocycles. The van der Waals surface area contributed by atoms with Crippen molar-refractivity contribution in [1.29, 1.82) is 0 Å². The number of benzene rings is 3. The number of nitro benzene ring substituents is 1. The monoisotopic (exact) mass is 503 g/mol. The fourth-order valence-electron chi connectivity index (χ4n) is 4.50. The molecule has 9 heteroatoms. The fourth-order valence-corrected chi connectivity index (χ4v) is 4.50. The van der Waals surface area contributed by atoms with E-state index in [9.17, 15) is 14.9 Å². The van der Waals surface area contributed by atoms with Gasteiger partial charge in [0.2, 0.25) is 0 Å². The average Bonchev–Trinajstić information content (AvgIpc) is 3.17. The van der Waals surface area contributed by atoms with Crippen LogP contribution in [0.1, 0.15) is 44.4 Å². The topological polar surface area (TPSA) is 105 Å². The molecule has 0 spiro atoms. The molecule has 1 aromatic heterocycles. The van der Waals surface area contributed by atoms with Crippen LogP contribution in [-0.4, -0.2) is 34.1 Å². The second-order valence-corrected chi connectivity index (χ2v) is 8.58. The molecule has 0 fully saturated rings. The van der Waals surface area contributed by atoms with Gasteiger partial charge in [-0.05, 0) is 69.7 Å². The minimum Gasteiger partial charge on any atom is -0.465 e. The summed E-state index contributed by atoms with van der Waals surface area (Å²) in [7, 11) is 0. The fraction of sp³-hybridized carbons (Fsp3) is 0.286. The molecule has 0 saturated carbocycles. The Hall–Kier alpha value is -4.24. The molecule has 0 saturated heterocycles. The van der Waals surface area contributed by atoms with Gasteiger partial charge in [0.15, 0.2) is 6.29 Å². The lowest BCUT2D eigenvalue weighted by molar-refractivity contribution is -0.384. The Kier molecular flexibility index (Phi) is 7.54. The molecular formula is C28H29N3O6. The predicted octanol–water partition coefficient (Wildman–Crippen LogP) is 6.11. The molecule has 0 amide bonds. The number of non-ortho nitro benzene ring substituents is 1. The average molecular weight is 504 g/mol. The molecule has 9 nitrogen and oxygen atoms in total. The first-order valence-electron chi connectivity index (χ1n) is 12.1. The van der Waals surface area contributed by atoms with Gasteiger partial charge in [0.1, 0.15) is 11.5 Å². The molecule has 0 N–H and O–H groups in total. The Morgan fingerprint density at radius 2 is 1.76 bits per heavy atom. The summed E-state index contributed by atoms with van der Waals surface area (Å²) in [6.45, 7) is 10.2. The minimum absolute atomic E-state index is 0.0228. The van der Waals surface area contributed by atoms with E-state index in [1.165, 1.54) is 13.0 Å². The van der Waals surface area contributed by atoms with Crippen LogP contribution in [0.3, 0.4) is 0 Å². The Labute approximate surface area is 214 Å². The van der Waals surface area contributed by atoms with E-state index < -0.39 is 17.2 Å². The normalized spacial score (nSPS) is 12.6. The Morgan fingerprint density at radius 3 is 2.38 bits per heavy atom. The summed E-state index contributed by atoms with van der Waals surface area (Å²) in [5.41, 5.74) is 4.64. The summed E-state index contributed by atoms with van der Waals surface area (Å²) >= 11 is 0. The van der Waals surface area contributed by atoms with Gasteiger partial charge in [-0.2, -0.15) is 0 Å². The van der Waals surface area contributed by atoms with Crippen LogP contribution in [0, 0.1) is 17.0 Å². The highest BCUT2D eigenvalue weighted by Crippen LogP contribution is 2.33. The highest BCUT2D eigenvalue weighted by molar-refractivity contribution is 6.17. The van der Waals surface area contributed by atoms with E-state index in [1.54, 1.807) is 12.1 Å². The van der Waals surface area contributed by atoms with Crippen molar-refractivity contribution in [2.24, 2.45) is 5.16 Å². The number of fused-ring (bicyclic) bond motifs is 3. The number of carbonyl (C=O) groups is 1. The number of aromatic nitrogens is 1. The van der Waals surface area contributed by atoms with Gasteiger partial charge in [0.25, 0.3) is 5.69 Å². The number of rotatable bonds is 9. The summed E-state index contributed by atoms with van der Waals surface area (Å²) in [6.07, 6.45) is -0.396. The molecule has 0 aliphatic heterocycles. The first kappa shape index (κ1) is 25.8. The second-order valence-electron chi connectivity index (χ2n) is 8.58. The summed E-state index contributed by atoms with van der Waals surface area (Å²) in [4.78, 5) is 27.8. The van der Waals surface area contributed by atoms with Crippen LogP contribution in [0.4, 0.5) is 5.69 Å². The van der Waals surface area contributed by atoms with Crippen LogP contribution in [0.15, 0.2) is 59.8 Å². The van der Waals surface area contributed by atoms with Crippen LogP contribution >= 0.6 is 0 Å². The lowest BCUT2D eigenvalue weighted by Crippen LogP contribution is -2.16. The number of aryl methyl sites for hydroxylation is 2. The first-order valence-corrected chi connectivity index (χ1v) is 12.1. The van der Waals surface area contributed by atoms with Crippen LogP contribution in [-0.2, 0) is 20.9 Å². The smallest absolute Gasteiger partial charge is 0.332 e. The first-order chi connectivity index (χ1) is 17.7. The van der Waals surface area contributed by atoms with Crippen molar-refractivity contribution in [3.05, 3.63) is 81.4 Å². The summed E-state index contributed by atoms with van der Waals surface area (Å²) < 4.78 is 13.4. The molecule has 0 aliphatic carbocycles. The van der Waals surface area contributed by atoms with Crippen LogP contribution in [0.5, 0.6) is 5.75 Å². The van der Waals surface area contributed by atoms with Crippen molar-refractivity contribution < 1.29 is 24.0 Å². The molecular weight excluding hydrogens is 474 g/mol. The van der Waals surface area contributed by atoms with E-state index in [-0.39, 0.29) is 5.69 Å². The van der Waals surface area contributed by atoms with E-state index in [2.05, 4.69) is 9.72 Å². The van der Waals surface area contributed by atoms with E-state index in [4.69, 9.17) is 14.3 Å². The molecule has 1 unspecified atom stereocenters. The maximum Gasteiger partial charge on any atom is 0.332 e. The van der Waals surface area contributed by atoms with E-state index >= 15 is 0 Å². The van der Waals surface area contributed by atoms with Crippen molar-refractivity contribution in [3.8, 4) is 5.75 Å². The Bertz CT molecular complexity index is 1520.